The number of rotatable bonds is 10. The summed E-state index contributed by atoms with van der Waals surface area (Å²) in [4.78, 5) is 5.22. The molecule has 21 heavy (non-hydrogen) atoms. The van der Waals surface area contributed by atoms with E-state index >= 15 is 0 Å². The maximum Gasteiger partial charge on any atom is 0.0104 e. The second-order valence-electron chi connectivity index (χ2n) is 6.57. The molecule has 1 N–H and O–H groups in total. The van der Waals surface area contributed by atoms with E-state index in [4.69, 9.17) is 0 Å². The summed E-state index contributed by atoms with van der Waals surface area (Å²) < 4.78 is 0. The summed E-state index contributed by atoms with van der Waals surface area (Å²) in [5.41, 5.74) is 0. The monoisotopic (exact) mass is 297 g/mol. The van der Waals surface area contributed by atoms with E-state index in [1.165, 1.54) is 77.8 Å². The maximum absolute atomic E-state index is 3.58. The molecule has 0 bridgehead atoms. The van der Waals surface area contributed by atoms with E-state index in [-0.39, 0.29) is 0 Å². The molecule has 0 saturated heterocycles. The van der Waals surface area contributed by atoms with Crippen molar-refractivity contribution in [3.8, 4) is 0 Å². The lowest BCUT2D eigenvalue weighted by Crippen LogP contribution is -2.41. The number of nitrogens with zero attached hydrogens (tertiary/aromatic N) is 2. The molecular weight excluding hydrogens is 258 g/mol. The molecule has 1 aliphatic rings. The van der Waals surface area contributed by atoms with Gasteiger partial charge in [0.15, 0.2) is 0 Å². The molecule has 1 saturated carbocycles. The van der Waals surface area contributed by atoms with Gasteiger partial charge in [-0.3, -0.25) is 0 Å². The lowest BCUT2D eigenvalue weighted by Gasteiger charge is -2.31. The van der Waals surface area contributed by atoms with Gasteiger partial charge < -0.3 is 15.1 Å². The molecule has 126 valence electrons. The summed E-state index contributed by atoms with van der Waals surface area (Å²) in [6.45, 7) is 14.2. The Morgan fingerprint density at radius 3 is 2.10 bits per heavy atom. The summed E-state index contributed by atoms with van der Waals surface area (Å²) in [6, 6.07) is 0.740. The Morgan fingerprint density at radius 2 is 1.48 bits per heavy atom. The van der Waals surface area contributed by atoms with Crippen molar-refractivity contribution in [3.05, 3.63) is 0 Å². The van der Waals surface area contributed by atoms with Crippen LogP contribution in [0.15, 0.2) is 0 Å². The zero-order chi connectivity index (χ0) is 15.5. The van der Waals surface area contributed by atoms with Gasteiger partial charge in [0.1, 0.15) is 0 Å². The van der Waals surface area contributed by atoms with Crippen LogP contribution in [0.25, 0.3) is 0 Å². The highest BCUT2D eigenvalue weighted by Crippen LogP contribution is 2.24. The van der Waals surface area contributed by atoms with Crippen LogP contribution in [0.1, 0.15) is 59.3 Å². The topological polar surface area (TPSA) is 18.5 Å². The molecule has 0 aromatic heterocycles. The highest BCUT2D eigenvalue weighted by molar-refractivity contribution is 4.81. The Bertz CT molecular complexity index is 241. The summed E-state index contributed by atoms with van der Waals surface area (Å²) in [6.07, 6.45) is 8.38. The smallest absolute Gasteiger partial charge is 0.0104 e. The third kappa shape index (κ3) is 7.12. The van der Waals surface area contributed by atoms with E-state index < -0.39 is 0 Å². The summed E-state index contributed by atoms with van der Waals surface area (Å²) in [5.74, 6) is 0.853. The molecular formula is C18H39N3. The van der Waals surface area contributed by atoms with Crippen molar-refractivity contribution in [2.75, 3.05) is 46.3 Å². The number of nitrogens with one attached hydrogen (secondary N) is 1. The highest BCUT2D eigenvalue weighted by atomic mass is 15.1. The second kappa shape index (κ2) is 11.4. The lowest BCUT2D eigenvalue weighted by molar-refractivity contribution is 0.191. The first kappa shape index (κ1) is 18.9. The van der Waals surface area contributed by atoms with Gasteiger partial charge in [0.2, 0.25) is 0 Å². The van der Waals surface area contributed by atoms with Gasteiger partial charge in [0.05, 0.1) is 0 Å². The van der Waals surface area contributed by atoms with Crippen LogP contribution in [0.2, 0.25) is 0 Å². The molecule has 1 rings (SSSR count). The van der Waals surface area contributed by atoms with Crippen LogP contribution in [0.5, 0.6) is 0 Å². The van der Waals surface area contributed by atoms with E-state index in [1.807, 2.05) is 0 Å². The molecule has 3 nitrogen and oxygen atoms in total. The van der Waals surface area contributed by atoms with Crippen molar-refractivity contribution < 1.29 is 0 Å². The van der Waals surface area contributed by atoms with Gasteiger partial charge in [-0.1, -0.05) is 40.0 Å². The first-order chi connectivity index (χ1) is 10.2. The summed E-state index contributed by atoms with van der Waals surface area (Å²) >= 11 is 0. The van der Waals surface area contributed by atoms with Crippen LogP contribution < -0.4 is 5.32 Å². The Hall–Kier alpha value is -0.120. The number of hydrogen-bond donors (Lipinski definition) is 1. The van der Waals surface area contributed by atoms with E-state index in [2.05, 4.69) is 42.9 Å². The normalized spacial score (nSPS) is 23.7. The molecule has 0 amide bonds. The lowest BCUT2D eigenvalue weighted by atomic mass is 9.94. The zero-order valence-electron chi connectivity index (χ0n) is 15.0. The third-order valence-electron chi connectivity index (χ3n) is 5.31. The number of hydrogen-bond acceptors (Lipinski definition) is 3. The van der Waals surface area contributed by atoms with Gasteiger partial charge in [-0.05, 0) is 65.0 Å². The predicted octanol–water partition coefficient (Wildman–Crippen LogP) is 3.21. The van der Waals surface area contributed by atoms with Gasteiger partial charge >= 0.3 is 0 Å². The largest absolute Gasteiger partial charge is 0.317 e. The Kier molecular flexibility index (Phi) is 10.3. The standard InChI is InChI=1S/C18H39N3/c1-5-20(6-2)14-11-15-21(7-3)16-17-12-9-8-10-13-18(17)19-4/h17-19H,5-16H2,1-4H3. The van der Waals surface area contributed by atoms with Crippen molar-refractivity contribution in [2.45, 2.75) is 65.3 Å². The minimum Gasteiger partial charge on any atom is -0.317 e. The summed E-state index contributed by atoms with van der Waals surface area (Å²) in [7, 11) is 2.15. The van der Waals surface area contributed by atoms with Gasteiger partial charge in [0, 0.05) is 12.6 Å². The van der Waals surface area contributed by atoms with Crippen LogP contribution in [0.4, 0.5) is 0 Å². The van der Waals surface area contributed by atoms with Gasteiger partial charge in [0.25, 0.3) is 0 Å². The van der Waals surface area contributed by atoms with Gasteiger partial charge in [-0.2, -0.15) is 0 Å². The van der Waals surface area contributed by atoms with E-state index in [0.717, 1.165) is 12.0 Å². The molecule has 2 atom stereocenters. The van der Waals surface area contributed by atoms with Crippen LogP contribution in [-0.2, 0) is 0 Å². The van der Waals surface area contributed by atoms with E-state index in [1.54, 1.807) is 0 Å². The molecule has 0 spiro atoms. The average molecular weight is 298 g/mol. The second-order valence-corrected chi connectivity index (χ2v) is 6.57. The first-order valence-electron chi connectivity index (χ1n) is 9.37. The molecule has 1 fully saturated rings. The van der Waals surface area contributed by atoms with E-state index in [0.29, 0.717) is 0 Å². The summed E-state index contributed by atoms with van der Waals surface area (Å²) in [5, 5.41) is 3.58. The van der Waals surface area contributed by atoms with Crippen LogP contribution in [0, 0.1) is 5.92 Å². The molecule has 3 heteroatoms. The van der Waals surface area contributed by atoms with Crippen molar-refractivity contribution in [2.24, 2.45) is 5.92 Å². The average Bonchev–Trinajstić information content (AvgIpc) is 2.75. The fraction of sp³-hybridized carbons (Fsp3) is 1.00. The molecule has 0 aromatic rings. The minimum absolute atomic E-state index is 0.740. The first-order valence-corrected chi connectivity index (χ1v) is 9.37. The Balaban J connectivity index is 2.36. The zero-order valence-corrected chi connectivity index (χ0v) is 15.0. The SMILES string of the molecule is CCN(CC)CCCN(CC)CC1CCCCCC1NC. The molecule has 0 aromatic carbocycles. The quantitative estimate of drug-likeness (QED) is 0.625. The Morgan fingerprint density at radius 1 is 0.857 bits per heavy atom. The Labute approximate surface area is 133 Å². The van der Waals surface area contributed by atoms with Crippen molar-refractivity contribution >= 4 is 0 Å². The molecule has 2 unspecified atom stereocenters. The third-order valence-corrected chi connectivity index (χ3v) is 5.31. The highest BCUT2D eigenvalue weighted by Gasteiger charge is 2.23. The predicted molar refractivity (Wildman–Crippen MR) is 93.9 cm³/mol. The minimum atomic E-state index is 0.740. The van der Waals surface area contributed by atoms with Crippen LogP contribution in [-0.4, -0.2) is 62.2 Å². The van der Waals surface area contributed by atoms with Gasteiger partial charge in [-0.25, -0.2) is 0 Å². The van der Waals surface area contributed by atoms with Crippen LogP contribution in [0.3, 0.4) is 0 Å². The molecule has 0 radical (unpaired) electrons. The maximum atomic E-state index is 3.58. The molecule has 1 aliphatic carbocycles. The fourth-order valence-electron chi connectivity index (χ4n) is 3.75. The van der Waals surface area contributed by atoms with Gasteiger partial charge in [-0.15, -0.1) is 0 Å². The fourth-order valence-corrected chi connectivity index (χ4v) is 3.75. The van der Waals surface area contributed by atoms with E-state index in [9.17, 15) is 0 Å². The molecule has 0 aliphatic heterocycles. The van der Waals surface area contributed by atoms with Crippen molar-refractivity contribution in [3.63, 3.8) is 0 Å². The van der Waals surface area contributed by atoms with Crippen LogP contribution >= 0.6 is 0 Å². The van der Waals surface area contributed by atoms with Crippen molar-refractivity contribution in [1.29, 1.82) is 0 Å². The van der Waals surface area contributed by atoms with Crippen molar-refractivity contribution in [1.82, 2.24) is 15.1 Å². The molecule has 0 heterocycles.